The van der Waals surface area contributed by atoms with Crippen LogP contribution in [0.1, 0.15) is 39.9 Å². The Morgan fingerprint density at radius 2 is 1.94 bits per heavy atom. The summed E-state index contributed by atoms with van der Waals surface area (Å²) >= 11 is 0. The highest BCUT2D eigenvalue weighted by Gasteiger charge is 2.31. The van der Waals surface area contributed by atoms with Crippen LogP contribution in [0.4, 0.5) is 4.39 Å². The molecule has 8 nitrogen and oxygen atoms in total. The third kappa shape index (κ3) is 5.27. The Kier molecular flexibility index (Phi) is 6.81. The number of hydrogen-bond donors (Lipinski definition) is 3. The van der Waals surface area contributed by atoms with E-state index in [4.69, 9.17) is 4.74 Å². The van der Waals surface area contributed by atoms with Crippen molar-refractivity contribution in [3.8, 4) is 5.75 Å². The van der Waals surface area contributed by atoms with E-state index < -0.39 is 17.2 Å². The lowest BCUT2D eigenvalue weighted by Gasteiger charge is -2.16. The number of rotatable bonds is 7. The van der Waals surface area contributed by atoms with Crippen molar-refractivity contribution in [3.05, 3.63) is 93.4 Å². The van der Waals surface area contributed by atoms with Gasteiger partial charge in [-0.2, -0.15) is 0 Å². The predicted molar refractivity (Wildman–Crippen MR) is 119 cm³/mol. The minimum Gasteiger partial charge on any atom is -0.501 e. The van der Waals surface area contributed by atoms with Crippen LogP contribution in [0.25, 0.3) is 0 Å². The van der Waals surface area contributed by atoms with Gasteiger partial charge in [-0.15, -0.1) is 0 Å². The lowest BCUT2D eigenvalue weighted by molar-refractivity contribution is 0.0523. The summed E-state index contributed by atoms with van der Waals surface area (Å²) in [5.41, 5.74) is 0.688. The van der Waals surface area contributed by atoms with Crippen LogP contribution < -0.4 is 16.2 Å². The first-order chi connectivity index (χ1) is 15.9. The van der Waals surface area contributed by atoms with Crippen LogP contribution in [0.2, 0.25) is 0 Å². The normalized spacial score (nSPS) is 17.8. The monoisotopic (exact) mass is 452 g/mol. The van der Waals surface area contributed by atoms with Gasteiger partial charge in [-0.3, -0.25) is 14.2 Å². The molecule has 0 spiro atoms. The molecule has 1 aromatic heterocycles. The van der Waals surface area contributed by atoms with E-state index in [1.807, 2.05) is 30.3 Å². The van der Waals surface area contributed by atoms with Crippen LogP contribution in [0.5, 0.6) is 5.75 Å². The molecule has 0 saturated carbocycles. The molecule has 33 heavy (non-hydrogen) atoms. The fraction of sp³-hybridized carbons (Fsp3) is 0.292. The highest BCUT2D eigenvalue weighted by molar-refractivity contribution is 5.94. The lowest BCUT2D eigenvalue weighted by atomic mass is 10.1. The van der Waals surface area contributed by atoms with Gasteiger partial charge in [0.25, 0.3) is 11.5 Å². The van der Waals surface area contributed by atoms with Crippen molar-refractivity contribution >= 4 is 5.91 Å². The number of aromatic hydroxyl groups is 1. The zero-order chi connectivity index (χ0) is 23.4. The molecule has 4 rings (SSSR count). The Balaban J connectivity index is 1.45. The Hall–Kier alpha value is -3.56. The first-order valence-electron chi connectivity index (χ1n) is 10.6. The van der Waals surface area contributed by atoms with Crippen LogP contribution in [-0.2, 0) is 24.9 Å². The molecular formula is C24H25FN4O4. The molecule has 2 aromatic carbocycles. The maximum atomic E-state index is 13.1. The fourth-order valence-electron chi connectivity index (χ4n) is 3.76. The van der Waals surface area contributed by atoms with Gasteiger partial charge in [0.1, 0.15) is 11.6 Å². The molecule has 1 amide bonds. The second-order valence-electron chi connectivity index (χ2n) is 7.96. The highest BCUT2D eigenvalue weighted by atomic mass is 19.1. The SMILES string of the molecule is Cn1c([C@@H]2C[C@@H](OCc3ccccc3)CN2)nc(C(=O)NCc2ccc(F)cc2)c(O)c1=O. The number of nitrogens with zero attached hydrogens (tertiary/aromatic N) is 2. The van der Waals surface area contributed by atoms with Gasteiger partial charge in [0.05, 0.1) is 18.8 Å². The number of benzene rings is 2. The summed E-state index contributed by atoms with van der Waals surface area (Å²) in [6.45, 7) is 1.14. The van der Waals surface area contributed by atoms with Crippen molar-refractivity contribution < 1.29 is 19.0 Å². The van der Waals surface area contributed by atoms with E-state index in [0.717, 1.165) is 5.56 Å². The standard InChI is InChI=1S/C24H25FN4O4/c1-29-22(19-11-18(13-26-19)33-14-16-5-3-2-4-6-16)28-20(21(30)24(29)32)23(31)27-12-15-7-9-17(25)10-8-15/h2-10,18-19,26,30H,11-14H2,1H3,(H,27,31)/t18-,19+/m1/s1. The van der Waals surface area contributed by atoms with Gasteiger partial charge in [-0.25, -0.2) is 9.37 Å². The Bertz CT molecular complexity index is 1180. The average Bonchev–Trinajstić information content (AvgIpc) is 3.30. The minimum atomic E-state index is -0.715. The molecule has 172 valence electrons. The molecule has 1 saturated heterocycles. The van der Waals surface area contributed by atoms with Crippen molar-refractivity contribution in [2.75, 3.05) is 6.54 Å². The summed E-state index contributed by atoms with van der Waals surface area (Å²) in [6, 6.07) is 15.2. The van der Waals surface area contributed by atoms with Crippen molar-refractivity contribution in [1.29, 1.82) is 0 Å². The van der Waals surface area contributed by atoms with E-state index in [1.54, 1.807) is 0 Å². The number of aromatic nitrogens is 2. The van der Waals surface area contributed by atoms with E-state index in [9.17, 15) is 19.1 Å². The van der Waals surface area contributed by atoms with Gasteiger partial charge in [-0.1, -0.05) is 42.5 Å². The number of carbonyl (C=O) groups excluding carboxylic acids is 1. The molecule has 0 bridgehead atoms. The van der Waals surface area contributed by atoms with Crippen LogP contribution in [0.3, 0.4) is 0 Å². The summed E-state index contributed by atoms with van der Waals surface area (Å²) in [7, 11) is 1.50. The third-order valence-corrected chi connectivity index (χ3v) is 5.61. The summed E-state index contributed by atoms with van der Waals surface area (Å²) in [6.07, 6.45) is 0.478. The zero-order valence-corrected chi connectivity index (χ0v) is 18.1. The third-order valence-electron chi connectivity index (χ3n) is 5.61. The topological polar surface area (TPSA) is 105 Å². The number of hydrogen-bond acceptors (Lipinski definition) is 6. The summed E-state index contributed by atoms with van der Waals surface area (Å²) in [5.74, 6) is -1.44. The second-order valence-corrected chi connectivity index (χ2v) is 7.96. The molecule has 2 heterocycles. The molecule has 0 radical (unpaired) electrons. The zero-order valence-electron chi connectivity index (χ0n) is 18.1. The van der Waals surface area contributed by atoms with Crippen LogP contribution in [-0.4, -0.2) is 33.2 Å². The van der Waals surface area contributed by atoms with E-state index in [2.05, 4.69) is 15.6 Å². The van der Waals surface area contributed by atoms with Gasteiger partial charge in [-0.05, 0) is 29.7 Å². The van der Waals surface area contributed by atoms with Crippen molar-refractivity contribution in [2.24, 2.45) is 7.05 Å². The summed E-state index contributed by atoms with van der Waals surface area (Å²) in [5, 5.41) is 16.2. The van der Waals surface area contributed by atoms with Crippen LogP contribution in [0, 0.1) is 5.82 Å². The van der Waals surface area contributed by atoms with Gasteiger partial charge in [0.15, 0.2) is 5.69 Å². The molecule has 9 heteroatoms. The number of nitrogens with one attached hydrogen (secondary N) is 2. The average molecular weight is 452 g/mol. The van der Waals surface area contributed by atoms with Crippen molar-refractivity contribution in [1.82, 2.24) is 20.2 Å². The largest absolute Gasteiger partial charge is 0.501 e. The first-order valence-corrected chi connectivity index (χ1v) is 10.6. The molecule has 2 atom stereocenters. The molecule has 3 N–H and O–H groups in total. The number of ether oxygens (including phenoxy) is 1. The molecule has 1 aliphatic heterocycles. The second kappa shape index (κ2) is 9.93. The maximum Gasteiger partial charge on any atom is 0.296 e. The van der Waals surface area contributed by atoms with E-state index >= 15 is 0 Å². The van der Waals surface area contributed by atoms with Crippen molar-refractivity contribution in [2.45, 2.75) is 31.7 Å². The summed E-state index contributed by atoms with van der Waals surface area (Å²) in [4.78, 5) is 29.5. The van der Waals surface area contributed by atoms with E-state index in [-0.39, 0.29) is 30.2 Å². The fourth-order valence-corrected chi connectivity index (χ4v) is 3.76. The number of halogens is 1. The Morgan fingerprint density at radius 1 is 1.21 bits per heavy atom. The maximum absolute atomic E-state index is 13.1. The summed E-state index contributed by atoms with van der Waals surface area (Å²) < 4.78 is 20.3. The lowest BCUT2D eigenvalue weighted by Crippen LogP contribution is -2.32. The quantitative estimate of drug-likeness (QED) is 0.508. The van der Waals surface area contributed by atoms with Gasteiger partial charge in [0, 0.05) is 20.1 Å². The number of amides is 1. The Labute approximate surface area is 190 Å². The van der Waals surface area contributed by atoms with Gasteiger partial charge >= 0.3 is 0 Å². The number of carbonyl (C=O) groups is 1. The minimum absolute atomic E-state index is 0.0864. The predicted octanol–water partition coefficient (Wildman–Crippen LogP) is 2.17. The smallest absolute Gasteiger partial charge is 0.296 e. The van der Waals surface area contributed by atoms with E-state index in [1.165, 1.54) is 35.9 Å². The molecule has 1 fully saturated rings. The first kappa shape index (κ1) is 22.6. The highest BCUT2D eigenvalue weighted by Crippen LogP contribution is 2.25. The molecular weight excluding hydrogens is 427 g/mol. The van der Waals surface area contributed by atoms with Crippen LogP contribution in [0.15, 0.2) is 59.4 Å². The van der Waals surface area contributed by atoms with E-state index in [0.29, 0.717) is 31.0 Å². The molecule has 0 unspecified atom stereocenters. The Morgan fingerprint density at radius 3 is 2.67 bits per heavy atom. The van der Waals surface area contributed by atoms with Crippen molar-refractivity contribution in [3.63, 3.8) is 0 Å². The van der Waals surface area contributed by atoms with Gasteiger partial charge in [0.2, 0.25) is 5.75 Å². The molecule has 1 aliphatic rings. The van der Waals surface area contributed by atoms with Gasteiger partial charge < -0.3 is 20.5 Å². The molecule has 3 aromatic rings. The molecule has 0 aliphatic carbocycles. The van der Waals surface area contributed by atoms with Crippen LogP contribution >= 0.6 is 0 Å².